The van der Waals surface area contributed by atoms with Gasteiger partial charge in [0.1, 0.15) is 5.01 Å². The third-order valence-electron chi connectivity index (χ3n) is 4.64. The Labute approximate surface area is 178 Å². The number of carbonyl (C=O) groups is 1. The number of ether oxygens (including phenoxy) is 1. The lowest BCUT2D eigenvalue weighted by molar-refractivity contribution is -0.143. The molecule has 5 nitrogen and oxygen atoms in total. The lowest BCUT2D eigenvalue weighted by atomic mass is 10.0. The number of halogens is 6. The van der Waals surface area contributed by atoms with Crippen LogP contribution in [-0.4, -0.2) is 54.0 Å². The zero-order valence-electron chi connectivity index (χ0n) is 16.4. The van der Waals surface area contributed by atoms with Crippen molar-refractivity contribution in [2.75, 3.05) is 33.4 Å². The van der Waals surface area contributed by atoms with Crippen LogP contribution in [0.15, 0.2) is 23.6 Å². The molecule has 2 heterocycles. The smallest absolute Gasteiger partial charge is 0.379 e. The predicted octanol–water partition coefficient (Wildman–Crippen LogP) is 4.29. The van der Waals surface area contributed by atoms with Crippen LogP contribution in [0.5, 0.6) is 0 Å². The first-order chi connectivity index (χ1) is 14.4. The molecular weight excluding hydrogens is 448 g/mol. The van der Waals surface area contributed by atoms with Gasteiger partial charge in [0.15, 0.2) is 0 Å². The molecule has 1 aromatic heterocycles. The second-order valence-electron chi connectivity index (χ2n) is 7.08. The van der Waals surface area contributed by atoms with Gasteiger partial charge in [-0.05, 0) is 18.2 Å². The number of amides is 1. The van der Waals surface area contributed by atoms with Gasteiger partial charge in [0, 0.05) is 31.1 Å². The third-order valence-corrected chi connectivity index (χ3v) is 5.52. The molecule has 1 amide bonds. The molecule has 0 saturated carbocycles. The molecule has 3 rings (SSSR count). The molecule has 1 aliphatic rings. The van der Waals surface area contributed by atoms with Crippen LogP contribution in [0.2, 0.25) is 0 Å². The normalized spacial score (nSPS) is 15.8. The molecule has 0 bridgehead atoms. The second kappa shape index (κ2) is 9.13. The third kappa shape index (κ3) is 6.17. The van der Waals surface area contributed by atoms with E-state index < -0.39 is 35.0 Å². The van der Waals surface area contributed by atoms with Gasteiger partial charge in [0.2, 0.25) is 0 Å². The maximum atomic E-state index is 13.0. The van der Waals surface area contributed by atoms with Crippen molar-refractivity contribution in [3.05, 3.63) is 51.0 Å². The van der Waals surface area contributed by atoms with Crippen molar-refractivity contribution in [3.63, 3.8) is 0 Å². The first-order valence-electron chi connectivity index (χ1n) is 9.22. The summed E-state index contributed by atoms with van der Waals surface area (Å²) in [5.41, 5.74) is -3.23. The van der Waals surface area contributed by atoms with Gasteiger partial charge in [-0.2, -0.15) is 26.3 Å². The summed E-state index contributed by atoms with van der Waals surface area (Å²) in [7, 11) is 1.30. The Balaban J connectivity index is 1.74. The summed E-state index contributed by atoms with van der Waals surface area (Å²) in [6.45, 7) is 3.36. The van der Waals surface area contributed by atoms with Gasteiger partial charge in [-0.3, -0.25) is 9.69 Å². The molecule has 0 N–H and O–H groups in total. The van der Waals surface area contributed by atoms with E-state index in [9.17, 15) is 31.1 Å². The topological polar surface area (TPSA) is 45.7 Å². The van der Waals surface area contributed by atoms with Crippen molar-refractivity contribution in [3.8, 4) is 0 Å². The molecule has 1 saturated heterocycles. The quantitative estimate of drug-likeness (QED) is 0.616. The van der Waals surface area contributed by atoms with E-state index in [4.69, 9.17) is 4.74 Å². The second-order valence-corrected chi connectivity index (χ2v) is 8.02. The van der Waals surface area contributed by atoms with Gasteiger partial charge < -0.3 is 9.64 Å². The monoisotopic (exact) mass is 467 g/mol. The molecule has 0 aliphatic carbocycles. The average molecular weight is 467 g/mol. The Hall–Kier alpha value is -2.18. The van der Waals surface area contributed by atoms with Crippen LogP contribution in [0.1, 0.15) is 32.2 Å². The molecule has 1 aliphatic heterocycles. The Morgan fingerprint density at radius 2 is 1.68 bits per heavy atom. The number of benzene rings is 1. The van der Waals surface area contributed by atoms with Crippen LogP contribution in [0.25, 0.3) is 0 Å². The molecule has 0 atom stereocenters. The average Bonchev–Trinajstić information content (AvgIpc) is 3.13. The maximum absolute atomic E-state index is 13.0. The minimum atomic E-state index is -5.02. The summed E-state index contributed by atoms with van der Waals surface area (Å²) < 4.78 is 83.5. The molecular formula is C19H19F6N3O2S. The van der Waals surface area contributed by atoms with Gasteiger partial charge in [0.05, 0.1) is 43.1 Å². The lowest BCUT2D eigenvalue weighted by Crippen LogP contribution is -2.35. The number of aromatic nitrogens is 1. The molecule has 0 radical (unpaired) electrons. The molecule has 170 valence electrons. The standard InChI is InChI=1S/C19H19F6N3O2S/c1-27(9-15-11-31-16(26-15)10-28-2-4-30-5-3-28)17(29)12-6-13(18(20,21)22)8-14(7-12)19(23,24)25/h6-8,11H,2-5,9-10H2,1H3. The largest absolute Gasteiger partial charge is 0.416 e. The van der Waals surface area contributed by atoms with Gasteiger partial charge in [-0.25, -0.2) is 4.98 Å². The molecule has 2 aromatic rings. The molecule has 0 spiro atoms. The predicted molar refractivity (Wildman–Crippen MR) is 100 cm³/mol. The van der Waals surface area contributed by atoms with Crippen LogP contribution in [-0.2, 0) is 30.2 Å². The fourth-order valence-corrected chi connectivity index (χ4v) is 3.88. The van der Waals surface area contributed by atoms with E-state index in [2.05, 4.69) is 9.88 Å². The highest BCUT2D eigenvalue weighted by molar-refractivity contribution is 7.09. The van der Waals surface area contributed by atoms with Crippen LogP contribution < -0.4 is 0 Å². The van der Waals surface area contributed by atoms with Gasteiger partial charge in [-0.1, -0.05) is 0 Å². The summed E-state index contributed by atoms with van der Waals surface area (Å²) in [6.07, 6.45) is -10.0. The molecule has 0 unspecified atom stereocenters. The number of morpholine rings is 1. The number of thiazole rings is 1. The van der Waals surface area contributed by atoms with E-state index in [1.54, 1.807) is 5.38 Å². The molecule has 31 heavy (non-hydrogen) atoms. The number of alkyl halides is 6. The summed E-state index contributed by atoms with van der Waals surface area (Å²) in [5.74, 6) is -0.959. The van der Waals surface area contributed by atoms with E-state index in [0.29, 0.717) is 37.6 Å². The summed E-state index contributed by atoms with van der Waals surface area (Å²) in [4.78, 5) is 20.2. The maximum Gasteiger partial charge on any atom is 0.416 e. The zero-order valence-corrected chi connectivity index (χ0v) is 17.2. The van der Waals surface area contributed by atoms with Crippen LogP contribution in [0, 0.1) is 0 Å². The van der Waals surface area contributed by atoms with E-state index in [1.165, 1.54) is 18.4 Å². The SMILES string of the molecule is CN(Cc1csc(CN2CCOCC2)n1)C(=O)c1cc(C(F)(F)F)cc(C(F)(F)F)c1. The van der Waals surface area contributed by atoms with Crippen LogP contribution >= 0.6 is 11.3 Å². The number of carbonyl (C=O) groups excluding carboxylic acids is 1. The van der Waals surface area contributed by atoms with Crippen LogP contribution in [0.3, 0.4) is 0 Å². The summed E-state index contributed by atoms with van der Waals surface area (Å²) in [5, 5.41) is 2.52. The fraction of sp³-hybridized carbons (Fsp3) is 0.474. The van der Waals surface area contributed by atoms with Gasteiger partial charge in [-0.15, -0.1) is 11.3 Å². The lowest BCUT2D eigenvalue weighted by Gasteiger charge is -2.25. The number of nitrogens with zero attached hydrogens (tertiary/aromatic N) is 3. The number of rotatable bonds is 5. The molecule has 12 heteroatoms. The Bertz CT molecular complexity index is 890. The van der Waals surface area contributed by atoms with Crippen molar-refractivity contribution in [1.29, 1.82) is 0 Å². The fourth-order valence-electron chi connectivity index (χ4n) is 3.06. The Morgan fingerprint density at radius 1 is 1.10 bits per heavy atom. The van der Waals surface area contributed by atoms with E-state index >= 15 is 0 Å². The minimum absolute atomic E-state index is 0.00484. The summed E-state index contributed by atoms with van der Waals surface area (Å²) >= 11 is 1.38. The van der Waals surface area contributed by atoms with Crippen LogP contribution in [0.4, 0.5) is 26.3 Å². The van der Waals surface area contributed by atoms with Gasteiger partial charge in [0.25, 0.3) is 5.91 Å². The number of hydrogen-bond acceptors (Lipinski definition) is 5. The van der Waals surface area contributed by atoms with Crippen molar-refractivity contribution in [2.24, 2.45) is 0 Å². The zero-order chi connectivity index (χ0) is 22.8. The van der Waals surface area contributed by atoms with E-state index in [-0.39, 0.29) is 12.6 Å². The highest BCUT2D eigenvalue weighted by Gasteiger charge is 2.37. The van der Waals surface area contributed by atoms with E-state index in [1.807, 2.05) is 0 Å². The molecule has 1 aromatic carbocycles. The van der Waals surface area contributed by atoms with Crippen molar-refractivity contribution >= 4 is 17.2 Å². The first-order valence-corrected chi connectivity index (χ1v) is 10.1. The summed E-state index contributed by atoms with van der Waals surface area (Å²) in [6, 6.07) is 0.854. The Morgan fingerprint density at radius 3 is 2.23 bits per heavy atom. The highest BCUT2D eigenvalue weighted by Crippen LogP contribution is 2.36. The first kappa shape index (κ1) is 23.5. The Kier molecular flexibility index (Phi) is 6.92. The van der Waals surface area contributed by atoms with Gasteiger partial charge >= 0.3 is 12.4 Å². The van der Waals surface area contributed by atoms with Crippen molar-refractivity contribution < 1.29 is 35.9 Å². The molecule has 1 fully saturated rings. The van der Waals surface area contributed by atoms with Crippen molar-refractivity contribution in [1.82, 2.24) is 14.8 Å². The minimum Gasteiger partial charge on any atom is -0.379 e. The number of hydrogen-bond donors (Lipinski definition) is 0. The van der Waals surface area contributed by atoms with Crippen molar-refractivity contribution in [2.45, 2.75) is 25.4 Å². The van der Waals surface area contributed by atoms with E-state index in [0.717, 1.165) is 23.0 Å². The highest BCUT2D eigenvalue weighted by atomic mass is 32.1.